The Morgan fingerprint density at radius 3 is 2.48 bits per heavy atom. The number of allylic oxidation sites excluding steroid dienone is 4. The first-order valence-electron chi connectivity index (χ1n) is 11.5. The number of unbranched alkanes of at least 4 members (excludes halogenated alkanes) is 1. The summed E-state index contributed by atoms with van der Waals surface area (Å²) in [6.45, 7) is 10.7. The van der Waals surface area contributed by atoms with Crippen LogP contribution in [0.15, 0.2) is 54.6 Å². The number of carbonyl (C=O) groups excluding carboxylic acids is 2. The van der Waals surface area contributed by atoms with E-state index < -0.39 is 12.0 Å². The van der Waals surface area contributed by atoms with Crippen molar-refractivity contribution in [2.24, 2.45) is 11.1 Å². The van der Waals surface area contributed by atoms with Gasteiger partial charge in [0.05, 0.1) is 7.11 Å². The zero-order valence-corrected chi connectivity index (χ0v) is 20.6. The van der Waals surface area contributed by atoms with Crippen molar-refractivity contribution in [2.75, 3.05) is 20.3 Å². The molecule has 0 unspecified atom stereocenters. The van der Waals surface area contributed by atoms with E-state index in [1.165, 1.54) is 12.7 Å². The van der Waals surface area contributed by atoms with Crippen LogP contribution in [-0.4, -0.2) is 38.2 Å². The molecule has 0 aliphatic rings. The second kappa shape index (κ2) is 15.1. The maximum Gasteiger partial charge on any atom is 0.328 e. The summed E-state index contributed by atoms with van der Waals surface area (Å²) < 4.78 is 10.3. The highest BCUT2D eigenvalue weighted by atomic mass is 16.5. The van der Waals surface area contributed by atoms with E-state index in [0.29, 0.717) is 18.7 Å². The summed E-state index contributed by atoms with van der Waals surface area (Å²) in [6, 6.07) is 6.82. The van der Waals surface area contributed by atoms with E-state index in [4.69, 9.17) is 15.2 Å². The summed E-state index contributed by atoms with van der Waals surface area (Å²) in [6.07, 6.45) is 12.5. The standard InChI is InChI=1S/C27H40N2O4/c1-6-27(4,17-9-10-21(2)3)18-16-22-12-14-23(15-13-22)33-20-25(30)29-24(26(31)32-5)11-7-8-19-28/h6,10,12-16,18,24H,1,7-9,11,17,19-20,28H2,2-5H3,(H,29,30)/b18-16+/t24-,27+/m0/s1. The Morgan fingerprint density at radius 2 is 1.91 bits per heavy atom. The van der Waals surface area contributed by atoms with E-state index in [-0.39, 0.29) is 17.9 Å². The molecule has 0 heterocycles. The Labute approximate surface area is 198 Å². The molecule has 0 saturated heterocycles. The Morgan fingerprint density at radius 1 is 1.21 bits per heavy atom. The number of hydrogen-bond acceptors (Lipinski definition) is 5. The molecule has 0 saturated carbocycles. The molecular formula is C27H40N2O4. The van der Waals surface area contributed by atoms with Crippen molar-refractivity contribution >= 4 is 18.0 Å². The highest BCUT2D eigenvalue weighted by Crippen LogP contribution is 2.28. The van der Waals surface area contributed by atoms with E-state index in [9.17, 15) is 9.59 Å². The van der Waals surface area contributed by atoms with Crippen LogP contribution in [0.5, 0.6) is 5.75 Å². The Hall–Kier alpha value is -2.86. The van der Waals surface area contributed by atoms with E-state index in [2.05, 4.69) is 50.9 Å². The molecule has 0 aromatic heterocycles. The quantitative estimate of drug-likeness (QED) is 0.225. The fourth-order valence-electron chi connectivity index (χ4n) is 3.16. The van der Waals surface area contributed by atoms with E-state index in [0.717, 1.165) is 31.2 Å². The molecule has 6 nitrogen and oxygen atoms in total. The Bertz CT molecular complexity index is 810. The van der Waals surface area contributed by atoms with Crippen LogP contribution < -0.4 is 15.8 Å². The van der Waals surface area contributed by atoms with Gasteiger partial charge >= 0.3 is 5.97 Å². The summed E-state index contributed by atoms with van der Waals surface area (Å²) in [7, 11) is 1.30. The normalized spacial score (nSPS) is 13.6. The molecule has 0 radical (unpaired) electrons. The molecule has 1 rings (SSSR count). The topological polar surface area (TPSA) is 90.6 Å². The number of carbonyl (C=O) groups is 2. The highest BCUT2D eigenvalue weighted by molar-refractivity contribution is 5.85. The second-order valence-electron chi connectivity index (χ2n) is 8.65. The van der Waals surface area contributed by atoms with Crippen molar-refractivity contribution < 1.29 is 19.1 Å². The number of methoxy groups -OCH3 is 1. The lowest BCUT2D eigenvalue weighted by Gasteiger charge is -2.20. The first-order chi connectivity index (χ1) is 15.7. The molecule has 1 aromatic carbocycles. The van der Waals surface area contributed by atoms with Gasteiger partial charge in [0.1, 0.15) is 11.8 Å². The van der Waals surface area contributed by atoms with E-state index in [1.807, 2.05) is 30.3 Å². The minimum atomic E-state index is -0.693. The molecule has 6 heteroatoms. The minimum absolute atomic E-state index is 0.0838. The first kappa shape index (κ1) is 28.2. The largest absolute Gasteiger partial charge is 0.484 e. The fraction of sp³-hybridized carbons (Fsp3) is 0.481. The van der Waals surface area contributed by atoms with Crippen LogP contribution in [0.25, 0.3) is 6.08 Å². The van der Waals surface area contributed by atoms with Crippen molar-refractivity contribution in [2.45, 2.75) is 58.9 Å². The molecule has 2 atom stereocenters. The number of esters is 1. The average Bonchev–Trinajstić information content (AvgIpc) is 2.80. The monoisotopic (exact) mass is 456 g/mol. The molecule has 0 fully saturated rings. The molecule has 182 valence electrons. The number of rotatable bonds is 15. The molecule has 1 amide bonds. The number of nitrogens with one attached hydrogen (secondary N) is 1. The summed E-state index contributed by atoms with van der Waals surface area (Å²) >= 11 is 0. The summed E-state index contributed by atoms with van der Waals surface area (Å²) in [5.41, 5.74) is 7.76. The van der Waals surface area contributed by atoms with Gasteiger partial charge in [-0.05, 0) is 70.2 Å². The van der Waals surface area contributed by atoms with Gasteiger partial charge < -0.3 is 20.5 Å². The van der Waals surface area contributed by atoms with Gasteiger partial charge in [0.25, 0.3) is 5.91 Å². The van der Waals surface area contributed by atoms with Crippen LogP contribution >= 0.6 is 0 Å². The average molecular weight is 457 g/mol. The molecule has 33 heavy (non-hydrogen) atoms. The van der Waals surface area contributed by atoms with Gasteiger partial charge in [0, 0.05) is 5.41 Å². The van der Waals surface area contributed by atoms with Gasteiger partial charge in [-0.3, -0.25) is 4.79 Å². The van der Waals surface area contributed by atoms with Crippen LogP contribution in [0.2, 0.25) is 0 Å². The third-order valence-corrected chi connectivity index (χ3v) is 5.38. The third-order valence-electron chi connectivity index (χ3n) is 5.38. The lowest BCUT2D eigenvalue weighted by atomic mass is 9.84. The van der Waals surface area contributed by atoms with Crippen LogP contribution in [-0.2, 0) is 14.3 Å². The van der Waals surface area contributed by atoms with Crippen molar-refractivity contribution in [3.63, 3.8) is 0 Å². The van der Waals surface area contributed by atoms with Gasteiger partial charge in [0.2, 0.25) is 0 Å². The SMILES string of the molecule is C=C[C@@](C)(/C=C/c1ccc(OCC(=O)N[C@@H](CCCCN)C(=O)OC)cc1)CCC=C(C)C. The fourth-order valence-corrected chi connectivity index (χ4v) is 3.16. The van der Waals surface area contributed by atoms with E-state index in [1.54, 1.807) is 0 Å². The van der Waals surface area contributed by atoms with Crippen LogP contribution in [0.3, 0.4) is 0 Å². The van der Waals surface area contributed by atoms with Gasteiger partial charge in [-0.15, -0.1) is 6.58 Å². The minimum Gasteiger partial charge on any atom is -0.484 e. The summed E-state index contributed by atoms with van der Waals surface area (Å²) in [5.74, 6) is -0.265. The highest BCUT2D eigenvalue weighted by Gasteiger charge is 2.21. The van der Waals surface area contributed by atoms with Crippen LogP contribution in [0.4, 0.5) is 0 Å². The molecule has 0 aliphatic heterocycles. The van der Waals surface area contributed by atoms with Crippen LogP contribution in [0, 0.1) is 5.41 Å². The third kappa shape index (κ3) is 11.5. The Balaban J connectivity index is 2.60. The zero-order valence-electron chi connectivity index (χ0n) is 20.6. The molecular weight excluding hydrogens is 416 g/mol. The zero-order chi connectivity index (χ0) is 24.7. The van der Waals surface area contributed by atoms with Gasteiger partial charge in [-0.1, -0.05) is 48.9 Å². The maximum atomic E-state index is 12.2. The van der Waals surface area contributed by atoms with Crippen molar-refractivity contribution in [1.82, 2.24) is 5.32 Å². The number of benzene rings is 1. The number of hydrogen-bond donors (Lipinski definition) is 2. The first-order valence-corrected chi connectivity index (χ1v) is 11.5. The van der Waals surface area contributed by atoms with Crippen LogP contribution in [0.1, 0.15) is 58.4 Å². The van der Waals surface area contributed by atoms with Crippen molar-refractivity contribution in [1.29, 1.82) is 0 Å². The van der Waals surface area contributed by atoms with Gasteiger partial charge in [-0.25, -0.2) is 4.79 Å². The lowest BCUT2D eigenvalue weighted by molar-refractivity contribution is -0.145. The van der Waals surface area contributed by atoms with Gasteiger partial charge in [-0.2, -0.15) is 0 Å². The summed E-state index contributed by atoms with van der Waals surface area (Å²) in [5, 5.41) is 2.67. The maximum absolute atomic E-state index is 12.2. The number of amides is 1. The van der Waals surface area contributed by atoms with Gasteiger partial charge in [0.15, 0.2) is 6.61 Å². The van der Waals surface area contributed by atoms with Crippen molar-refractivity contribution in [3.05, 3.63) is 60.2 Å². The predicted octanol–water partition coefficient (Wildman–Crippen LogP) is 4.80. The predicted molar refractivity (Wildman–Crippen MR) is 135 cm³/mol. The molecule has 0 bridgehead atoms. The molecule has 0 aliphatic carbocycles. The number of ether oxygens (including phenoxy) is 2. The Kier molecular flexibility index (Phi) is 12.9. The number of nitrogens with two attached hydrogens (primary N) is 1. The van der Waals surface area contributed by atoms with E-state index >= 15 is 0 Å². The molecule has 3 N–H and O–H groups in total. The molecule has 1 aromatic rings. The second-order valence-corrected chi connectivity index (χ2v) is 8.65. The van der Waals surface area contributed by atoms with Crippen molar-refractivity contribution in [3.8, 4) is 5.75 Å². The summed E-state index contributed by atoms with van der Waals surface area (Å²) in [4.78, 5) is 24.1. The lowest BCUT2D eigenvalue weighted by Crippen LogP contribution is -2.43. The molecule has 0 spiro atoms. The smallest absolute Gasteiger partial charge is 0.328 e.